The van der Waals surface area contributed by atoms with E-state index in [2.05, 4.69) is 39.2 Å². The average molecular weight is 453 g/mol. The molecule has 2 amide bonds. The molecular formula is C24H32N6O3. The number of nitrogens with zero attached hydrogens (tertiary/aromatic N) is 6. The Labute approximate surface area is 194 Å². The molecule has 0 spiro atoms. The zero-order valence-electron chi connectivity index (χ0n) is 19.4. The highest BCUT2D eigenvalue weighted by molar-refractivity contribution is 5.91. The zero-order chi connectivity index (χ0) is 22.9. The number of fused-ring (bicyclic) bond motifs is 1. The summed E-state index contributed by atoms with van der Waals surface area (Å²) in [5, 5.41) is 4.18. The zero-order valence-corrected chi connectivity index (χ0v) is 19.4. The van der Waals surface area contributed by atoms with Crippen LogP contribution < -0.4 is 9.80 Å². The number of carbonyl (C=O) groups is 2. The van der Waals surface area contributed by atoms with Crippen molar-refractivity contribution in [3.8, 4) is 0 Å². The highest BCUT2D eigenvalue weighted by Crippen LogP contribution is 2.32. The summed E-state index contributed by atoms with van der Waals surface area (Å²) < 4.78 is 6.80. The van der Waals surface area contributed by atoms with Crippen LogP contribution in [-0.2, 0) is 16.1 Å². The summed E-state index contributed by atoms with van der Waals surface area (Å²) in [4.78, 5) is 32.7. The van der Waals surface area contributed by atoms with Gasteiger partial charge in [0, 0.05) is 65.5 Å². The summed E-state index contributed by atoms with van der Waals surface area (Å²) in [6, 6.07) is 8.81. The summed E-state index contributed by atoms with van der Waals surface area (Å²) in [7, 11) is 1.68. The van der Waals surface area contributed by atoms with E-state index in [1.807, 2.05) is 4.90 Å². The van der Waals surface area contributed by atoms with Crippen LogP contribution in [0.25, 0.3) is 0 Å². The Bertz CT molecular complexity index is 986. The quantitative estimate of drug-likeness (QED) is 0.704. The summed E-state index contributed by atoms with van der Waals surface area (Å²) in [6.45, 7) is 9.49. The predicted octanol–water partition coefficient (Wildman–Crippen LogP) is 1.73. The fourth-order valence-electron chi connectivity index (χ4n) is 5.19. The third-order valence-electron chi connectivity index (χ3n) is 7.18. The number of aromatic nitrogens is 2. The number of hydrogen-bond acceptors (Lipinski definition) is 6. The molecule has 4 heterocycles. The highest BCUT2D eigenvalue weighted by atomic mass is 16.5. The second-order valence-electron chi connectivity index (χ2n) is 9.39. The minimum absolute atomic E-state index is 0.0893. The van der Waals surface area contributed by atoms with E-state index in [0.717, 1.165) is 59.0 Å². The Morgan fingerprint density at radius 3 is 2.36 bits per heavy atom. The molecule has 3 aliphatic rings. The third-order valence-corrected chi connectivity index (χ3v) is 7.18. The average Bonchev–Trinajstić information content (AvgIpc) is 3.54. The van der Waals surface area contributed by atoms with E-state index in [4.69, 9.17) is 4.74 Å². The lowest BCUT2D eigenvalue weighted by atomic mass is 10.0. The van der Waals surface area contributed by atoms with Crippen LogP contribution >= 0.6 is 0 Å². The van der Waals surface area contributed by atoms with E-state index in [-0.39, 0.29) is 11.9 Å². The minimum atomic E-state index is -0.113. The molecule has 0 radical (unpaired) electrons. The van der Waals surface area contributed by atoms with Crippen LogP contribution in [0.4, 0.5) is 16.2 Å². The molecule has 5 rings (SSSR count). The molecule has 3 fully saturated rings. The fourth-order valence-corrected chi connectivity index (χ4v) is 5.19. The van der Waals surface area contributed by atoms with Crippen molar-refractivity contribution in [1.82, 2.24) is 19.6 Å². The smallest absolute Gasteiger partial charge is 0.344 e. The molecule has 0 saturated carbocycles. The molecule has 0 N–H and O–H groups in total. The fraction of sp³-hybridized carbons (Fsp3) is 0.542. The number of rotatable bonds is 4. The van der Waals surface area contributed by atoms with Gasteiger partial charge < -0.3 is 19.4 Å². The van der Waals surface area contributed by atoms with E-state index in [0.29, 0.717) is 17.5 Å². The molecule has 1 aromatic carbocycles. The van der Waals surface area contributed by atoms with Crippen LogP contribution in [0.3, 0.4) is 0 Å². The van der Waals surface area contributed by atoms with Crippen LogP contribution in [0.1, 0.15) is 12.5 Å². The Balaban J connectivity index is 1.13. The van der Waals surface area contributed by atoms with Crippen molar-refractivity contribution >= 4 is 23.3 Å². The van der Waals surface area contributed by atoms with E-state index in [9.17, 15) is 9.59 Å². The van der Waals surface area contributed by atoms with Gasteiger partial charge in [0.15, 0.2) is 0 Å². The lowest BCUT2D eigenvalue weighted by Gasteiger charge is -2.29. The first-order valence-corrected chi connectivity index (χ1v) is 11.7. The number of morpholine rings is 1. The second kappa shape index (κ2) is 9.15. The van der Waals surface area contributed by atoms with Gasteiger partial charge in [-0.25, -0.2) is 4.79 Å². The number of hydrogen-bond donors (Lipinski definition) is 0. The molecule has 33 heavy (non-hydrogen) atoms. The van der Waals surface area contributed by atoms with Gasteiger partial charge in [-0.05, 0) is 29.5 Å². The molecule has 9 nitrogen and oxygen atoms in total. The number of anilines is 2. The maximum absolute atomic E-state index is 12.9. The van der Waals surface area contributed by atoms with E-state index in [1.165, 1.54) is 27.8 Å². The first-order chi connectivity index (χ1) is 16.0. The maximum atomic E-state index is 12.9. The van der Waals surface area contributed by atoms with Gasteiger partial charge in [-0.1, -0.05) is 12.1 Å². The molecule has 2 aromatic rings. The number of carbonyl (C=O) groups excluding carboxylic acids is 2. The molecule has 9 heteroatoms. The van der Waals surface area contributed by atoms with Gasteiger partial charge in [-0.3, -0.25) is 9.69 Å². The first-order valence-electron chi connectivity index (χ1n) is 11.7. The SMILES string of the molecule is CC(=O)N(C)c1cnn(C(=O)N2CC3CN(Cc4ccc(N5CCOCC5)cc4)CC3C2)c1. The number of amides is 2. The number of benzene rings is 1. The third kappa shape index (κ3) is 4.60. The van der Waals surface area contributed by atoms with Crippen molar-refractivity contribution in [1.29, 1.82) is 0 Å². The van der Waals surface area contributed by atoms with Crippen LogP contribution in [0.15, 0.2) is 36.7 Å². The highest BCUT2D eigenvalue weighted by Gasteiger charge is 2.42. The van der Waals surface area contributed by atoms with Crippen LogP contribution in [0.2, 0.25) is 0 Å². The van der Waals surface area contributed by atoms with Gasteiger partial charge in [0.2, 0.25) is 5.91 Å². The van der Waals surface area contributed by atoms with Crippen molar-refractivity contribution in [2.75, 3.05) is 69.3 Å². The Morgan fingerprint density at radius 1 is 1.06 bits per heavy atom. The van der Waals surface area contributed by atoms with Crippen LogP contribution in [-0.4, -0.2) is 91.0 Å². The van der Waals surface area contributed by atoms with Gasteiger partial charge in [0.1, 0.15) is 0 Å². The Hall–Kier alpha value is -2.91. The summed E-state index contributed by atoms with van der Waals surface area (Å²) in [5.74, 6) is 0.904. The Kier molecular flexibility index (Phi) is 6.07. The van der Waals surface area contributed by atoms with Gasteiger partial charge >= 0.3 is 6.03 Å². The summed E-state index contributed by atoms with van der Waals surface area (Å²) >= 11 is 0. The molecule has 176 valence electrons. The molecule has 0 bridgehead atoms. The summed E-state index contributed by atoms with van der Waals surface area (Å²) in [6.07, 6.45) is 3.19. The number of ether oxygens (including phenoxy) is 1. The van der Waals surface area contributed by atoms with E-state index >= 15 is 0 Å². The van der Waals surface area contributed by atoms with Gasteiger partial charge in [-0.15, -0.1) is 0 Å². The van der Waals surface area contributed by atoms with Crippen LogP contribution in [0, 0.1) is 11.8 Å². The molecule has 2 unspecified atom stereocenters. The topological polar surface area (TPSA) is 74.2 Å². The van der Waals surface area contributed by atoms with Crippen molar-refractivity contribution < 1.29 is 14.3 Å². The molecule has 2 atom stereocenters. The summed E-state index contributed by atoms with van der Waals surface area (Å²) in [5.41, 5.74) is 3.23. The van der Waals surface area contributed by atoms with Crippen LogP contribution in [0.5, 0.6) is 0 Å². The molecule has 0 aliphatic carbocycles. The van der Waals surface area contributed by atoms with Crippen molar-refractivity contribution in [2.24, 2.45) is 11.8 Å². The first kappa shape index (κ1) is 21.9. The second-order valence-corrected chi connectivity index (χ2v) is 9.39. The lowest BCUT2D eigenvalue weighted by molar-refractivity contribution is -0.116. The van der Waals surface area contributed by atoms with Gasteiger partial charge in [-0.2, -0.15) is 9.78 Å². The standard InChI is InChI=1S/C24H32N6O3/c1-18(31)26(2)23-11-25-30(17-23)24(32)29-15-20-13-27(14-21(20)16-29)12-19-3-5-22(6-4-19)28-7-9-33-10-8-28/h3-6,11,17,20-21H,7-10,12-16H2,1-2H3. The number of likely N-dealkylation sites (tertiary alicyclic amines) is 2. The van der Waals surface area contributed by atoms with Crippen molar-refractivity contribution in [3.63, 3.8) is 0 Å². The molecule has 1 aromatic heterocycles. The Morgan fingerprint density at radius 2 is 1.73 bits per heavy atom. The monoisotopic (exact) mass is 452 g/mol. The molecule has 3 aliphatic heterocycles. The lowest BCUT2D eigenvalue weighted by Crippen LogP contribution is -2.36. The molecule has 3 saturated heterocycles. The van der Waals surface area contributed by atoms with Gasteiger partial charge in [0.25, 0.3) is 0 Å². The minimum Gasteiger partial charge on any atom is -0.378 e. The largest absolute Gasteiger partial charge is 0.378 e. The normalized spacial score (nSPS) is 23.1. The van der Waals surface area contributed by atoms with Gasteiger partial charge in [0.05, 0.1) is 31.3 Å². The predicted molar refractivity (Wildman–Crippen MR) is 125 cm³/mol. The van der Waals surface area contributed by atoms with E-state index in [1.54, 1.807) is 19.4 Å². The van der Waals surface area contributed by atoms with E-state index < -0.39 is 0 Å². The maximum Gasteiger partial charge on any atom is 0.344 e. The van der Waals surface area contributed by atoms with Crippen molar-refractivity contribution in [3.05, 3.63) is 42.2 Å². The van der Waals surface area contributed by atoms with Crippen molar-refractivity contribution in [2.45, 2.75) is 13.5 Å². The molecular weight excluding hydrogens is 420 g/mol.